The third-order valence-electron chi connectivity index (χ3n) is 3.31. The average Bonchev–Trinajstić information content (AvgIpc) is 3.01. The fraction of sp³-hybridized carbons (Fsp3) is 0.286. The van der Waals surface area contributed by atoms with Crippen molar-refractivity contribution in [3.8, 4) is 0 Å². The molecule has 0 aliphatic rings. The molecule has 9 heteroatoms. The zero-order chi connectivity index (χ0) is 17.0. The first-order chi connectivity index (χ1) is 10.8. The maximum Gasteiger partial charge on any atom is 0.289 e. The van der Waals surface area contributed by atoms with Gasteiger partial charge >= 0.3 is 0 Å². The molecule has 23 heavy (non-hydrogen) atoms. The fourth-order valence-corrected chi connectivity index (χ4v) is 3.33. The maximum atomic E-state index is 12.4. The van der Waals surface area contributed by atoms with Crippen LogP contribution in [-0.2, 0) is 10.0 Å². The summed E-state index contributed by atoms with van der Waals surface area (Å²) < 4.78 is 32.5. The van der Waals surface area contributed by atoms with Gasteiger partial charge in [-0.3, -0.25) is 15.0 Å². The molecule has 1 heterocycles. The van der Waals surface area contributed by atoms with Crippen molar-refractivity contribution in [2.45, 2.75) is 10.9 Å². The van der Waals surface area contributed by atoms with E-state index in [9.17, 15) is 18.5 Å². The Kier molecular flexibility index (Phi) is 5.14. The molecular weight excluding hydrogens is 322 g/mol. The monoisotopic (exact) mass is 339 g/mol. The van der Waals surface area contributed by atoms with Gasteiger partial charge in [0.25, 0.3) is 5.69 Å². The minimum atomic E-state index is -4.02. The highest BCUT2D eigenvalue weighted by Gasteiger charge is 2.27. The fourth-order valence-electron chi connectivity index (χ4n) is 2.12. The number of nitro groups is 1. The number of nitrogens with one attached hydrogen (secondary N) is 1. The zero-order valence-corrected chi connectivity index (χ0v) is 13.5. The molecule has 2 rings (SSSR count). The van der Waals surface area contributed by atoms with Gasteiger partial charge in [-0.2, -0.15) is 0 Å². The maximum absolute atomic E-state index is 12.4. The van der Waals surface area contributed by atoms with E-state index in [1.807, 2.05) is 0 Å². The van der Waals surface area contributed by atoms with Crippen LogP contribution in [0.5, 0.6) is 0 Å². The Labute approximate surface area is 133 Å². The topological polar surface area (TPSA) is 106 Å². The van der Waals surface area contributed by atoms with Gasteiger partial charge in [0, 0.05) is 12.6 Å². The Hall–Kier alpha value is -2.23. The van der Waals surface area contributed by atoms with E-state index >= 15 is 0 Å². The summed E-state index contributed by atoms with van der Waals surface area (Å²) in [6.07, 6.45) is 1.50. The predicted octanol–water partition coefficient (Wildman–Crippen LogP) is 1.77. The summed E-state index contributed by atoms with van der Waals surface area (Å²) in [5, 5.41) is 11.0. The second kappa shape index (κ2) is 6.90. The molecule has 1 aromatic heterocycles. The lowest BCUT2D eigenvalue weighted by Gasteiger charge is -2.22. The number of rotatable bonds is 7. The van der Waals surface area contributed by atoms with Gasteiger partial charge < -0.3 is 4.42 Å². The van der Waals surface area contributed by atoms with E-state index in [0.717, 1.165) is 6.07 Å². The Bertz CT molecular complexity index is 771. The van der Waals surface area contributed by atoms with Crippen LogP contribution in [0, 0.1) is 10.1 Å². The van der Waals surface area contributed by atoms with Crippen molar-refractivity contribution < 1.29 is 17.8 Å². The lowest BCUT2D eigenvalue weighted by atomic mass is 10.2. The average molecular weight is 339 g/mol. The number of benzene rings is 1. The Morgan fingerprint density at radius 3 is 2.52 bits per heavy atom. The first kappa shape index (κ1) is 17.1. The predicted molar refractivity (Wildman–Crippen MR) is 83.4 cm³/mol. The Morgan fingerprint density at radius 1 is 1.26 bits per heavy atom. The number of para-hydroxylation sites is 1. The van der Waals surface area contributed by atoms with Crippen LogP contribution < -0.4 is 4.72 Å². The Morgan fingerprint density at radius 2 is 1.96 bits per heavy atom. The lowest BCUT2D eigenvalue weighted by Crippen LogP contribution is -2.34. The van der Waals surface area contributed by atoms with Gasteiger partial charge in [-0.05, 0) is 32.3 Å². The molecule has 1 atom stereocenters. The SMILES string of the molecule is CN(C)C(CNS(=O)(=O)c1ccccc1[N+](=O)[O-])c1ccco1. The largest absolute Gasteiger partial charge is 0.468 e. The van der Waals surface area contributed by atoms with Gasteiger partial charge in [-0.15, -0.1) is 0 Å². The number of hydrogen-bond donors (Lipinski definition) is 1. The number of furan rings is 1. The molecule has 0 saturated carbocycles. The first-order valence-electron chi connectivity index (χ1n) is 6.76. The van der Waals surface area contributed by atoms with Crippen LogP contribution in [0.15, 0.2) is 52.0 Å². The Balaban J connectivity index is 2.23. The minimum absolute atomic E-state index is 0.0227. The lowest BCUT2D eigenvalue weighted by molar-refractivity contribution is -0.387. The van der Waals surface area contributed by atoms with Crippen molar-refractivity contribution in [2.24, 2.45) is 0 Å². The van der Waals surface area contributed by atoms with Gasteiger partial charge in [0.15, 0.2) is 4.90 Å². The normalized spacial score (nSPS) is 13.2. The summed E-state index contributed by atoms with van der Waals surface area (Å²) >= 11 is 0. The zero-order valence-electron chi connectivity index (χ0n) is 12.7. The van der Waals surface area contributed by atoms with Crippen molar-refractivity contribution in [2.75, 3.05) is 20.6 Å². The third kappa shape index (κ3) is 3.95. The van der Waals surface area contributed by atoms with E-state index < -0.39 is 20.6 Å². The van der Waals surface area contributed by atoms with E-state index in [1.165, 1.54) is 24.5 Å². The van der Waals surface area contributed by atoms with Gasteiger partial charge in [-0.25, -0.2) is 13.1 Å². The van der Waals surface area contributed by atoms with Gasteiger partial charge in [0.1, 0.15) is 5.76 Å². The summed E-state index contributed by atoms with van der Waals surface area (Å²) in [5.74, 6) is 0.597. The number of nitrogens with zero attached hydrogens (tertiary/aromatic N) is 2. The van der Waals surface area contributed by atoms with E-state index in [1.54, 1.807) is 31.1 Å². The highest BCUT2D eigenvalue weighted by atomic mass is 32.2. The quantitative estimate of drug-likeness (QED) is 0.609. The van der Waals surface area contributed by atoms with Crippen LogP contribution in [0.2, 0.25) is 0 Å². The van der Waals surface area contributed by atoms with Crippen LogP contribution in [0.25, 0.3) is 0 Å². The molecule has 0 saturated heterocycles. The smallest absolute Gasteiger partial charge is 0.289 e. The highest BCUT2D eigenvalue weighted by Crippen LogP contribution is 2.24. The second-order valence-corrected chi connectivity index (χ2v) is 6.81. The van der Waals surface area contributed by atoms with Gasteiger partial charge in [0.2, 0.25) is 10.0 Å². The molecule has 1 N–H and O–H groups in total. The van der Waals surface area contributed by atoms with E-state index in [4.69, 9.17) is 4.42 Å². The molecule has 8 nitrogen and oxygen atoms in total. The standard InChI is InChI=1S/C14H17N3O5S/c1-16(2)12(13-7-5-9-22-13)10-15-23(20,21)14-8-4-3-6-11(14)17(18)19/h3-9,12,15H,10H2,1-2H3. The second-order valence-electron chi connectivity index (χ2n) is 5.07. The van der Waals surface area contributed by atoms with Crippen LogP contribution in [-0.4, -0.2) is 38.9 Å². The van der Waals surface area contributed by atoms with Crippen molar-refractivity contribution in [1.29, 1.82) is 0 Å². The molecule has 0 aliphatic heterocycles. The molecule has 0 aliphatic carbocycles. The summed E-state index contributed by atoms with van der Waals surface area (Å²) in [6.45, 7) is 0.0227. The number of hydrogen-bond acceptors (Lipinski definition) is 6. The third-order valence-corrected chi connectivity index (χ3v) is 4.78. The molecule has 0 bridgehead atoms. The summed E-state index contributed by atoms with van der Waals surface area (Å²) in [4.78, 5) is 11.7. The van der Waals surface area contributed by atoms with Crippen LogP contribution >= 0.6 is 0 Å². The van der Waals surface area contributed by atoms with Crippen molar-refractivity contribution in [3.63, 3.8) is 0 Å². The van der Waals surface area contributed by atoms with Crippen LogP contribution in [0.3, 0.4) is 0 Å². The highest BCUT2D eigenvalue weighted by molar-refractivity contribution is 7.89. The number of nitro benzene ring substituents is 1. The van der Waals surface area contributed by atoms with E-state index in [0.29, 0.717) is 5.76 Å². The molecule has 1 aromatic carbocycles. The molecule has 0 spiro atoms. The molecule has 0 radical (unpaired) electrons. The van der Waals surface area contributed by atoms with Crippen LogP contribution in [0.1, 0.15) is 11.8 Å². The van der Waals surface area contributed by atoms with Gasteiger partial charge in [-0.1, -0.05) is 12.1 Å². The summed E-state index contributed by atoms with van der Waals surface area (Å²) in [6, 6.07) is 8.34. The van der Waals surface area contributed by atoms with Crippen molar-refractivity contribution >= 4 is 15.7 Å². The van der Waals surface area contributed by atoms with Crippen LogP contribution in [0.4, 0.5) is 5.69 Å². The van der Waals surface area contributed by atoms with Crippen molar-refractivity contribution in [3.05, 3.63) is 58.5 Å². The van der Waals surface area contributed by atoms with Crippen molar-refractivity contribution in [1.82, 2.24) is 9.62 Å². The molecular formula is C14H17N3O5S. The number of sulfonamides is 1. The van der Waals surface area contributed by atoms with E-state index in [-0.39, 0.29) is 17.5 Å². The number of likely N-dealkylation sites (N-methyl/N-ethyl adjacent to an activating group) is 1. The molecule has 0 fully saturated rings. The molecule has 124 valence electrons. The first-order valence-corrected chi connectivity index (χ1v) is 8.24. The molecule has 2 aromatic rings. The summed E-state index contributed by atoms with van der Waals surface area (Å²) in [5.41, 5.74) is -0.459. The summed E-state index contributed by atoms with van der Waals surface area (Å²) in [7, 11) is -0.447. The van der Waals surface area contributed by atoms with Gasteiger partial charge in [0.05, 0.1) is 17.2 Å². The molecule has 1 unspecified atom stereocenters. The minimum Gasteiger partial charge on any atom is -0.468 e. The molecule has 0 amide bonds. The van der Waals surface area contributed by atoms with E-state index in [2.05, 4.69) is 4.72 Å².